The van der Waals surface area contributed by atoms with Crippen LogP contribution >= 0.6 is 0 Å². The molecule has 3 fully saturated rings. The highest BCUT2D eigenvalue weighted by atomic mass is 16.5. The third-order valence-corrected chi connectivity index (χ3v) is 6.81. The topological polar surface area (TPSA) is 67.4 Å². The van der Waals surface area contributed by atoms with E-state index in [0.29, 0.717) is 12.5 Å². The van der Waals surface area contributed by atoms with Crippen LogP contribution in [0.4, 0.5) is 5.82 Å². The molecule has 1 saturated carbocycles. The van der Waals surface area contributed by atoms with E-state index >= 15 is 0 Å². The van der Waals surface area contributed by atoms with Crippen molar-refractivity contribution < 1.29 is 9.53 Å². The van der Waals surface area contributed by atoms with Gasteiger partial charge in [-0.3, -0.25) is 4.79 Å². The number of carbonyl (C=O) groups is 1. The molecular weight excluding hydrogens is 376 g/mol. The fourth-order valence-corrected chi connectivity index (χ4v) is 5.09. The molecule has 0 amide bonds. The molecule has 0 spiro atoms. The van der Waals surface area contributed by atoms with Gasteiger partial charge in [0.15, 0.2) is 0 Å². The first kappa shape index (κ1) is 19.6. The fourth-order valence-electron chi connectivity index (χ4n) is 5.09. The summed E-state index contributed by atoms with van der Waals surface area (Å²) in [4.78, 5) is 13.9. The van der Waals surface area contributed by atoms with Gasteiger partial charge in [-0.15, -0.1) is 10.2 Å². The molecule has 1 unspecified atom stereocenters. The number of rotatable bonds is 7. The van der Waals surface area contributed by atoms with E-state index in [0.717, 1.165) is 53.6 Å². The Balaban J connectivity index is 1.11. The molecule has 3 heterocycles. The van der Waals surface area contributed by atoms with E-state index in [1.54, 1.807) is 6.92 Å². The first-order chi connectivity index (χ1) is 14.7. The van der Waals surface area contributed by atoms with Gasteiger partial charge in [-0.2, -0.15) is 0 Å². The van der Waals surface area contributed by atoms with Crippen molar-refractivity contribution in [1.29, 1.82) is 0 Å². The Morgan fingerprint density at radius 2 is 1.80 bits per heavy atom. The van der Waals surface area contributed by atoms with Crippen molar-refractivity contribution in [2.45, 2.75) is 32.2 Å². The van der Waals surface area contributed by atoms with E-state index in [1.807, 2.05) is 36.4 Å². The monoisotopic (exact) mass is 406 g/mol. The Kier molecular flexibility index (Phi) is 5.52. The highest BCUT2D eigenvalue weighted by Crippen LogP contribution is 2.47. The van der Waals surface area contributed by atoms with E-state index in [-0.39, 0.29) is 5.78 Å². The van der Waals surface area contributed by atoms with Gasteiger partial charge in [0, 0.05) is 50.9 Å². The summed E-state index contributed by atoms with van der Waals surface area (Å²) in [5, 5.41) is 12.4. The Bertz CT molecular complexity index is 865. The largest absolute Gasteiger partial charge is 0.381 e. The Hall–Kier alpha value is -2.31. The predicted octanol–water partition coefficient (Wildman–Crippen LogP) is 3.04. The SMILES string of the molecule is CC(=O)Cc1ccc(-c2ccc(NC3[C@H]4CN(CC5CCOCC5)C[C@@H]34)nn2)cc1. The number of aromatic nitrogens is 2. The summed E-state index contributed by atoms with van der Waals surface area (Å²) < 4.78 is 5.48. The number of hydrogen-bond acceptors (Lipinski definition) is 6. The van der Waals surface area contributed by atoms with Gasteiger partial charge in [-0.05, 0) is 55.2 Å². The van der Waals surface area contributed by atoms with Gasteiger partial charge in [0.25, 0.3) is 0 Å². The van der Waals surface area contributed by atoms with Crippen molar-refractivity contribution >= 4 is 11.6 Å². The Morgan fingerprint density at radius 1 is 1.07 bits per heavy atom. The average molecular weight is 407 g/mol. The van der Waals surface area contributed by atoms with Gasteiger partial charge in [0.1, 0.15) is 11.6 Å². The van der Waals surface area contributed by atoms with Crippen molar-refractivity contribution in [3.8, 4) is 11.3 Å². The van der Waals surface area contributed by atoms with Gasteiger partial charge in [0.05, 0.1) is 5.69 Å². The second-order valence-corrected chi connectivity index (χ2v) is 9.15. The molecule has 30 heavy (non-hydrogen) atoms. The van der Waals surface area contributed by atoms with Crippen LogP contribution in [0, 0.1) is 17.8 Å². The van der Waals surface area contributed by atoms with Crippen LogP contribution in [0.15, 0.2) is 36.4 Å². The minimum absolute atomic E-state index is 0.175. The zero-order chi connectivity index (χ0) is 20.5. The standard InChI is InChI=1S/C24H30N4O2/c1-16(29)12-17-2-4-19(5-3-17)22-6-7-23(27-26-22)25-24-20-14-28(15-21(20)24)13-18-8-10-30-11-9-18/h2-7,18,20-21,24H,8-15H2,1H3,(H,25,27)/t20-,21+,24?. The van der Waals surface area contributed by atoms with Crippen LogP contribution in [0.25, 0.3) is 11.3 Å². The molecule has 3 atom stereocenters. The summed E-state index contributed by atoms with van der Waals surface area (Å²) in [6.45, 7) is 7.14. The van der Waals surface area contributed by atoms with Crippen LogP contribution in [0.5, 0.6) is 0 Å². The number of carbonyl (C=O) groups excluding carboxylic acids is 1. The smallest absolute Gasteiger partial charge is 0.148 e. The Morgan fingerprint density at radius 3 is 2.43 bits per heavy atom. The summed E-state index contributed by atoms with van der Waals surface area (Å²) in [6.07, 6.45) is 2.91. The summed E-state index contributed by atoms with van der Waals surface area (Å²) in [7, 11) is 0. The van der Waals surface area contributed by atoms with Crippen molar-refractivity contribution in [2.24, 2.45) is 17.8 Å². The third kappa shape index (κ3) is 4.40. The highest BCUT2D eigenvalue weighted by Gasteiger charge is 2.55. The van der Waals surface area contributed by atoms with Crippen LogP contribution < -0.4 is 5.32 Å². The molecule has 2 saturated heterocycles. The molecule has 1 aromatic heterocycles. The molecule has 1 aromatic carbocycles. The number of nitrogens with zero attached hydrogens (tertiary/aromatic N) is 3. The number of fused-ring (bicyclic) bond motifs is 1. The van der Waals surface area contributed by atoms with Crippen LogP contribution in [0.2, 0.25) is 0 Å². The number of anilines is 1. The molecule has 1 N–H and O–H groups in total. The lowest BCUT2D eigenvalue weighted by molar-refractivity contribution is -0.116. The number of benzene rings is 1. The molecule has 2 aromatic rings. The summed E-state index contributed by atoms with van der Waals surface area (Å²) in [5.41, 5.74) is 2.91. The van der Waals surface area contributed by atoms with Crippen LogP contribution in [-0.2, 0) is 16.0 Å². The zero-order valence-corrected chi connectivity index (χ0v) is 17.6. The molecular formula is C24H30N4O2. The molecule has 158 valence electrons. The van der Waals surface area contributed by atoms with Crippen molar-refractivity contribution in [2.75, 3.05) is 38.2 Å². The highest BCUT2D eigenvalue weighted by molar-refractivity contribution is 5.78. The summed E-state index contributed by atoms with van der Waals surface area (Å²) in [5.74, 6) is 3.36. The lowest BCUT2D eigenvalue weighted by Gasteiger charge is -2.28. The summed E-state index contributed by atoms with van der Waals surface area (Å²) in [6, 6.07) is 12.6. The second kappa shape index (κ2) is 8.44. The molecule has 3 aliphatic rings. The minimum Gasteiger partial charge on any atom is -0.381 e. The lowest BCUT2D eigenvalue weighted by Crippen LogP contribution is -2.34. The third-order valence-electron chi connectivity index (χ3n) is 6.81. The average Bonchev–Trinajstić information content (AvgIpc) is 3.19. The molecule has 6 heteroatoms. The number of nitrogens with one attached hydrogen (secondary N) is 1. The number of ketones is 1. The maximum atomic E-state index is 11.2. The normalized spacial score (nSPS) is 26.4. The second-order valence-electron chi connectivity index (χ2n) is 9.15. The maximum absolute atomic E-state index is 11.2. The molecule has 6 nitrogen and oxygen atoms in total. The van der Waals surface area contributed by atoms with E-state index in [4.69, 9.17) is 4.74 Å². The molecule has 0 bridgehead atoms. The molecule has 0 radical (unpaired) electrons. The zero-order valence-electron chi connectivity index (χ0n) is 17.6. The van der Waals surface area contributed by atoms with E-state index < -0.39 is 0 Å². The molecule has 1 aliphatic carbocycles. The summed E-state index contributed by atoms with van der Waals surface area (Å²) >= 11 is 0. The number of Topliss-reactive ketones (excluding diaryl/α,β-unsaturated/α-hetero) is 1. The van der Waals surface area contributed by atoms with Crippen molar-refractivity contribution in [3.63, 3.8) is 0 Å². The predicted molar refractivity (Wildman–Crippen MR) is 116 cm³/mol. The number of hydrogen-bond donors (Lipinski definition) is 1. The molecule has 5 rings (SSSR count). The first-order valence-electron chi connectivity index (χ1n) is 11.1. The van der Waals surface area contributed by atoms with E-state index in [9.17, 15) is 4.79 Å². The van der Waals surface area contributed by atoms with Crippen LogP contribution in [0.3, 0.4) is 0 Å². The van der Waals surface area contributed by atoms with Crippen LogP contribution in [-0.4, -0.2) is 59.8 Å². The van der Waals surface area contributed by atoms with Gasteiger partial charge in [0.2, 0.25) is 0 Å². The van der Waals surface area contributed by atoms with Crippen molar-refractivity contribution in [1.82, 2.24) is 15.1 Å². The van der Waals surface area contributed by atoms with Gasteiger partial charge < -0.3 is 15.0 Å². The lowest BCUT2D eigenvalue weighted by atomic mass is 10.00. The Labute approximate surface area is 178 Å². The van der Waals surface area contributed by atoms with Gasteiger partial charge >= 0.3 is 0 Å². The first-order valence-corrected chi connectivity index (χ1v) is 11.1. The van der Waals surface area contributed by atoms with Crippen molar-refractivity contribution in [3.05, 3.63) is 42.0 Å². The molecule has 2 aliphatic heterocycles. The van der Waals surface area contributed by atoms with Gasteiger partial charge in [-0.1, -0.05) is 24.3 Å². The van der Waals surface area contributed by atoms with E-state index in [1.165, 1.54) is 32.5 Å². The fraction of sp³-hybridized carbons (Fsp3) is 0.542. The number of piperidine rings is 1. The quantitative estimate of drug-likeness (QED) is 0.762. The number of ether oxygens (including phenoxy) is 1. The van der Waals surface area contributed by atoms with Crippen LogP contribution in [0.1, 0.15) is 25.3 Å². The minimum atomic E-state index is 0.175. The maximum Gasteiger partial charge on any atom is 0.148 e. The van der Waals surface area contributed by atoms with Gasteiger partial charge in [-0.25, -0.2) is 0 Å². The number of likely N-dealkylation sites (tertiary alicyclic amines) is 1. The van der Waals surface area contributed by atoms with E-state index in [2.05, 4.69) is 20.4 Å².